The number of carbonyl (C=O) groups excluding carboxylic acids is 1. The SMILES string of the molecule is CCCCC(CC)COC(=O)/C(C#N)=c1/ccc2c(c1)-c1ccccc1C=2. The van der Waals surface area contributed by atoms with E-state index < -0.39 is 5.97 Å². The Labute approximate surface area is 160 Å². The van der Waals surface area contributed by atoms with Crippen molar-refractivity contribution in [2.45, 2.75) is 39.5 Å². The number of carbonyl (C=O) groups is 1. The molecule has 0 heterocycles. The second-order valence-electron chi connectivity index (χ2n) is 7.04. The lowest BCUT2D eigenvalue weighted by Crippen LogP contribution is -2.20. The van der Waals surface area contributed by atoms with Crippen molar-refractivity contribution in [2.75, 3.05) is 6.61 Å². The monoisotopic (exact) mass is 359 g/mol. The van der Waals surface area contributed by atoms with E-state index in [9.17, 15) is 10.1 Å². The molecule has 1 unspecified atom stereocenters. The molecule has 0 N–H and O–H groups in total. The number of esters is 1. The molecule has 2 aromatic rings. The van der Waals surface area contributed by atoms with E-state index in [1.807, 2.05) is 30.3 Å². The number of nitriles is 1. The molecular formula is C24H25NO2. The summed E-state index contributed by atoms with van der Waals surface area (Å²) in [7, 11) is 0. The van der Waals surface area contributed by atoms with E-state index in [4.69, 9.17) is 4.74 Å². The molecule has 138 valence electrons. The maximum absolute atomic E-state index is 12.5. The van der Waals surface area contributed by atoms with Crippen molar-refractivity contribution in [2.24, 2.45) is 5.92 Å². The highest BCUT2D eigenvalue weighted by atomic mass is 16.5. The number of hydrogen-bond acceptors (Lipinski definition) is 3. The van der Waals surface area contributed by atoms with Crippen molar-refractivity contribution in [1.29, 1.82) is 5.26 Å². The average molecular weight is 359 g/mol. The fourth-order valence-corrected chi connectivity index (χ4v) is 3.50. The zero-order valence-electron chi connectivity index (χ0n) is 16.0. The standard InChI is InChI=1S/C24H25NO2/c1-3-5-8-17(4-2)16-27-24(26)23(15-25)20-12-11-19-13-18-9-6-7-10-21(18)22(19)14-20/h6-7,9-14,17H,3-5,8,16H2,1-2H3/b23-20-. The summed E-state index contributed by atoms with van der Waals surface area (Å²) in [5, 5.41) is 11.3. The number of rotatable bonds is 7. The fourth-order valence-electron chi connectivity index (χ4n) is 3.50. The predicted octanol–water partition coefficient (Wildman–Crippen LogP) is 3.93. The Morgan fingerprint density at radius 3 is 2.70 bits per heavy atom. The van der Waals surface area contributed by atoms with E-state index in [0.717, 1.165) is 47.6 Å². The minimum Gasteiger partial charge on any atom is -0.461 e. The number of hydrogen-bond donors (Lipinski definition) is 0. The maximum atomic E-state index is 12.5. The summed E-state index contributed by atoms with van der Waals surface area (Å²) in [6.45, 7) is 4.64. The molecule has 1 atom stereocenters. The molecule has 0 aromatic heterocycles. The number of fused-ring (bicyclic) bond motifs is 3. The van der Waals surface area contributed by atoms with Crippen LogP contribution in [0.3, 0.4) is 0 Å². The van der Waals surface area contributed by atoms with Crippen LogP contribution >= 0.6 is 0 Å². The third kappa shape index (κ3) is 4.11. The normalized spacial score (nSPS) is 13.7. The molecule has 0 saturated carbocycles. The summed E-state index contributed by atoms with van der Waals surface area (Å²) < 4.78 is 5.48. The van der Waals surface area contributed by atoms with Gasteiger partial charge in [0.25, 0.3) is 0 Å². The van der Waals surface area contributed by atoms with Crippen molar-refractivity contribution in [3.63, 3.8) is 0 Å². The topological polar surface area (TPSA) is 50.1 Å². The summed E-state index contributed by atoms with van der Waals surface area (Å²) >= 11 is 0. The highest BCUT2D eigenvalue weighted by molar-refractivity contribution is 6.15. The van der Waals surface area contributed by atoms with Gasteiger partial charge < -0.3 is 4.74 Å². The number of benzene rings is 2. The number of ether oxygens (including phenoxy) is 1. The zero-order valence-corrected chi connectivity index (χ0v) is 16.0. The zero-order chi connectivity index (χ0) is 19.2. The molecule has 1 aliphatic rings. The lowest BCUT2D eigenvalue weighted by molar-refractivity contribution is -0.138. The van der Waals surface area contributed by atoms with E-state index >= 15 is 0 Å². The van der Waals surface area contributed by atoms with Gasteiger partial charge in [0.2, 0.25) is 0 Å². The average Bonchev–Trinajstić information content (AvgIpc) is 3.07. The quantitative estimate of drug-likeness (QED) is 0.601. The molecule has 0 fully saturated rings. The first-order valence-corrected chi connectivity index (χ1v) is 9.70. The van der Waals surface area contributed by atoms with E-state index in [-0.39, 0.29) is 5.57 Å². The Balaban J connectivity index is 1.86. The minimum atomic E-state index is -0.525. The van der Waals surface area contributed by atoms with Gasteiger partial charge in [-0.2, -0.15) is 5.26 Å². The van der Waals surface area contributed by atoms with Crippen LogP contribution in [0, 0.1) is 17.2 Å². The maximum Gasteiger partial charge on any atom is 0.349 e. The second kappa shape index (κ2) is 8.68. The van der Waals surface area contributed by atoms with Gasteiger partial charge in [-0.15, -0.1) is 0 Å². The molecule has 0 bridgehead atoms. The van der Waals surface area contributed by atoms with Gasteiger partial charge in [0.15, 0.2) is 0 Å². The first-order chi connectivity index (χ1) is 13.2. The van der Waals surface area contributed by atoms with Gasteiger partial charge in [0, 0.05) is 5.22 Å². The summed E-state index contributed by atoms with van der Waals surface area (Å²) in [6.07, 6.45) is 6.41. The van der Waals surface area contributed by atoms with E-state index in [0.29, 0.717) is 17.7 Å². The largest absolute Gasteiger partial charge is 0.461 e. The van der Waals surface area contributed by atoms with Gasteiger partial charge >= 0.3 is 5.97 Å². The Kier molecular flexibility index (Phi) is 6.08. The number of nitrogens with zero attached hydrogens (tertiary/aromatic N) is 1. The predicted molar refractivity (Wildman–Crippen MR) is 108 cm³/mol. The first-order valence-electron chi connectivity index (χ1n) is 9.70. The molecule has 27 heavy (non-hydrogen) atoms. The number of unbranched alkanes of at least 4 members (excludes halogenated alkanes) is 1. The molecule has 3 heteroatoms. The fraction of sp³-hybridized carbons (Fsp3) is 0.333. The molecule has 0 radical (unpaired) electrons. The summed E-state index contributed by atoms with van der Waals surface area (Å²) in [5.41, 5.74) is 3.42. The molecule has 3 rings (SSSR count). The van der Waals surface area contributed by atoms with Crippen LogP contribution in [-0.4, -0.2) is 12.6 Å². The van der Waals surface area contributed by atoms with Crippen molar-refractivity contribution >= 4 is 17.6 Å². The smallest absolute Gasteiger partial charge is 0.349 e. The van der Waals surface area contributed by atoms with Crippen LogP contribution in [0.15, 0.2) is 42.5 Å². The van der Waals surface area contributed by atoms with Crippen molar-refractivity contribution in [3.8, 4) is 17.2 Å². The highest BCUT2D eigenvalue weighted by Crippen LogP contribution is 2.25. The highest BCUT2D eigenvalue weighted by Gasteiger charge is 2.17. The molecule has 0 amide bonds. The first kappa shape index (κ1) is 18.9. The molecular weight excluding hydrogens is 334 g/mol. The van der Waals surface area contributed by atoms with Gasteiger partial charge in [-0.25, -0.2) is 4.79 Å². The Morgan fingerprint density at radius 2 is 1.96 bits per heavy atom. The summed E-state index contributed by atoms with van der Waals surface area (Å²) in [6, 6.07) is 15.9. The van der Waals surface area contributed by atoms with Crippen LogP contribution in [-0.2, 0) is 9.53 Å². The molecule has 0 spiro atoms. The lowest BCUT2D eigenvalue weighted by Gasteiger charge is -2.14. The Morgan fingerprint density at radius 1 is 1.15 bits per heavy atom. The summed E-state index contributed by atoms with van der Waals surface area (Å²) in [4.78, 5) is 12.5. The van der Waals surface area contributed by atoms with Gasteiger partial charge in [-0.3, -0.25) is 0 Å². The van der Waals surface area contributed by atoms with Crippen molar-refractivity contribution < 1.29 is 9.53 Å². The third-order valence-corrected chi connectivity index (χ3v) is 5.21. The summed E-state index contributed by atoms with van der Waals surface area (Å²) in [5.74, 6) is -0.169. The minimum absolute atomic E-state index is 0.0764. The van der Waals surface area contributed by atoms with Crippen LogP contribution in [0.1, 0.15) is 45.1 Å². The Hall–Kier alpha value is -2.86. The van der Waals surface area contributed by atoms with E-state index in [1.54, 1.807) is 0 Å². The molecule has 1 aliphatic carbocycles. The second-order valence-corrected chi connectivity index (χ2v) is 7.04. The molecule has 0 saturated heterocycles. The molecule has 2 aromatic carbocycles. The molecule has 0 aliphatic heterocycles. The van der Waals surface area contributed by atoms with Crippen LogP contribution in [0.2, 0.25) is 0 Å². The third-order valence-electron chi connectivity index (χ3n) is 5.21. The van der Waals surface area contributed by atoms with Crippen molar-refractivity contribution in [3.05, 3.63) is 58.5 Å². The van der Waals surface area contributed by atoms with Crippen LogP contribution in [0.4, 0.5) is 0 Å². The van der Waals surface area contributed by atoms with E-state index in [2.05, 4.69) is 38.1 Å². The van der Waals surface area contributed by atoms with Gasteiger partial charge in [-0.05, 0) is 46.4 Å². The lowest BCUT2D eigenvalue weighted by atomic mass is 10.0. The van der Waals surface area contributed by atoms with E-state index in [1.165, 1.54) is 0 Å². The Bertz CT molecular complexity index is 998. The van der Waals surface area contributed by atoms with Crippen molar-refractivity contribution in [1.82, 2.24) is 0 Å². The van der Waals surface area contributed by atoms with Gasteiger partial charge in [-0.1, -0.05) is 69.5 Å². The van der Waals surface area contributed by atoms with Gasteiger partial charge in [0.05, 0.1) is 6.61 Å². The van der Waals surface area contributed by atoms with Crippen LogP contribution in [0.25, 0.3) is 22.8 Å². The van der Waals surface area contributed by atoms with Crippen LogP contribution in [0.5, 0.6) is 0 Å². The van der Waals surface area contributed by atoms with Crippen LogP contribution < -0.4 is 10.4 Å². The van der Waals surface area contributed by atoms with Gasteiger partial charge in [0.1, 0.15) is 11.6 Å². The molecule has 3 nitrogen and oxygen atoms in total.